The Hall–Kier alpha value is -3.88. The highest BCUT2D eigenvalue weighted by atomic mass is 16.6. The Kier molecular flexibility index (Phi) is 5.54. The molecule has 0 saturated heterocycles. The van der Waals surface area contributed by atoms with Gasteiger partial charge in [0.2, 0.25) is 5.82 Å². The number of aryl methyl sites for hydroxylation is 1. The summed E-state index contributed by atoms with van der Waals surface area (Å²) in [6.07, 6.45) is 1.19. The molecule has 0 atom stereocenters. The molecule has 1 heterocycles. The first-order valence-electron chi connectivity index (χ1n) is 8.24. The smallest absolute Gasteiger partial charge is 0.373 e. The third-order valence-electron chi connectivity index (χ3n) is 3.85. The lowest BCUT2D eigenvalue weighted by Gasteiger charge is -2.12. The van der Waals surface area contributed by atoms with Crippen LogP contribution in [-0.2, 0) is 0 Å². The van der Waals surface area contributed by atoms with Crippen molar-refractivity contribution in [2.45, 2.75) is 6.92 Å². The van der Waals surface area contributed by atoms with Crippen LogP contribution in [0.25, 0.3) is 0 Å². The molecule has 144 valence electrons. The monoisotopic (exact) mass is 382 g/mol. The van der Waals surface area contributed by atoms with Gasteiger partial charge in [-0.05, 0) is 48.9 Å². The van der Waals surface area contributed by atoms with E-state index in [-0.39, 0.29) is 17.4 Å². The van der Waals surface area contributed by atoms with Gasteiger partial charge in [-0.25, -0.2) is 4.98 Å². The van der Waals surface area contributed by atoms with Crippen molar-refractivity contribution >= 4 is 17.2 Å². The summed E-state index contributed by atoms with van der Waals surface area (Å²) in [4.78, 5) is 19.0. The minimum atomic E-state index is -0.594. The van der Waals surface area contributed by atoms with Crippen molar-refractivity contribution in [3.05, 3.63) is 64.5 Å². The van der Waals surface area contributed by atoms with E-state index in [4.69, 9.17) is 14.2 Å². The summed E-state index contributed by atoms with van der Waals surface area (Å²) in [7, 11) is 3.06. The second-order valence-corrected chi connectivity index (χ2v) is 5.74. The Labute approximate surface area is 161 Å². The van der Waals surface area contributed by atoms with E-state index in [2.05, 4.69) is 15.3 Å². The van der Waals surface area contributed by atoms with Crippen LogP contribution in [0.1, 0.15) is 5.56 Å². The first-order valence-corrected chi connectivity index (χ1v) is 8.24. The fourth-order valence-corrected chi connectivity index (χ4v) is 2.50. The van der Waals surface area contributed by atoms with E-state index in [1.54, 1.807) is 43.5 Å². The highest BCUT2D eigenvalue weighted by molar-refractivity contribution is 5.72. The molecule has 9 nitrogen and oxygen atoms in total. The van der Waals surface area contributed by atoms with Crippen LogP contribution in [0.5, 0.6) is 23.1 Å². The molecule has 28 heavy (non-hydrogen) atoms. The van der Waals surface area contributed by atoms with Gasteiger partial charge in [-0.1, -0.05) is 6.07 Å². The SMILES string of the molecule is COc1ccc(Oc2ncnc(Nc3cc(C)ccc3OC)c2[N+](=O)[O-])cc1. The molecule has 0 aliphatic carbocycles. The van der Waals surface area contributed by atoms with E-state index < -0.39 is 4.92 Å². The van der Waals surface area contributed by atoms with Crippen LogP contribution in [0.3, 0.4) is 0 Å². The fraction of sp³-hybridized carbons (Fsp3) is 0.158. The van der Waals surface area contributed by atoms with Crippen LogP contribution in [-0.4, -0.2) is 29.1 Å². The lowest BCUT2D eigenvalue weighted by Crippen LogP contribution is -2.04. The van der Waals surface area contributed by atoms with Crippen molar-refractivity contribution in [1.82, 2.24) is 9.97 Å². The predicted octanol–water partition coefficient (Wildman–Crippen LogP) is 4.25. The zero-order chi connectivity index (χ0) is 20.1. The number of hydrogen-bond donors (Lipinski definition) is 1. The van der Waals surface area contributed by atoms with E-state index in [9.17, 15) is 10.1 Å². The van der Waals surface area contributed by atoms with Crippen LogP contribution >= 0.6 is 0 Å². The number of aromatic nitrogens is 2. The van der Waals surface area contributed by atoms with Crippen LogP contribution < -0.4 is 19.5 Å². The van der Waals surface area contributed by atoms with Gasteiger partial charge in [0, 0.05) is 0 Å². The largest absolute Gasteiger partial charge is 0.497 e. The van der Waals surface area contributed by atoms with Crippen molar-refractivity contribution in [2.75, 3.05) is 19.5 Å². The summed E-state index contributed by atoms with van der Waals surface area (Å²) in [5.41, 5.74) is 1.11. The van der Waals surface area contributed by atoms with Crippen molar-refractivity contribution < 1.29 is 19.1 Å². The standard InChI is InChI=1S/C19H18N4O5/c1-12-4-9-16(27-3)15(10-12)22-18-17(23(24)25)19(21-11-20-18)28-14-7-5-13(26-2)6-8-14/h4-11H,1-3H3,(H,20,21,22). The summed E-state index contributed by atoms with van der Waals surface area (Å²) >= 11 is 0. The molecule has 0 aliphatic rings. The molecule has 0 aliphatic heterocycles. The normalized spacial score (nSPS) is 10.2. The van der Waals surface area contributed by atoms with E-state index in [1.165, 1.54) is 13.4 Å². The van der Waals surface area contributed by atoms with Crippen molar-refractivity contribution in [3.8, 4) is 23.1 Å². The van der Waals surface area contributed by atoms with E-state index >= 15 is 0 Å². The predicted molar refractivity (Wildman–Crippen MR) is 103 cm³/mol. The number of anilines is 2. The summed E-state index contributed by atoms with van der Waals surface area (Å²) in [6.45, 7) is 1.90. The Balaban J connectivity index is 1.97. The second kappa shape index (κ2) is 8.21. The highest BCUT2D eigenvalue weighted by Gasteiger charge is 2.26. The second-order valence-electron chi connectivity index (χ2n) is 5.74. The quantitative estimate of drug-likeness (QED) is 0.477. The molecule has 9 heteroatoms. The Morgan fingerprint density at radius 2 is 1.71 bits per heavy atom. The first-order chi connectivity index (χ1) is 13.5. The third kappa shape index (κ3) is 4.09. The molecule has 1 aromatic heterocycles. The molecule has 3 aromatic rings. The summed E-state index contributed by atoms with van der Waals surface area (Å²) in [6, 6.07) is 12.0. The number of nitro groups is 1. The number of nitrogens with one attached hydrogen (secondary N) is 1. The van der Waals surface area contributed by atoms with E-state index in [0.717, 1.165) is 5.56 Å². The molecule has 1 N–H and O–H groups in total. The molecule has 0 fully saturated rings. The van der Waals surface area contributed by atoms with Gasteiger partial charge in [0.25, 0.3) is 0 Å². The summed E-state index contributed by atoms with van der Waals surface area (Å²) in [5, 5.41) is 14.6. The van der Waals surface area contributed by atoms with E-state index in [1.807, 2.05) is 13.0 Å². The Bertz CT molecular complexity index is 992. The number of nitrogens with zero attached hydrogens (tertiary/aromatic N) is 3. The van der Waals surface area contributed by atoms with Crippen LogP contribution in [0.15, 0.2) is 48.8 Å². The van der Waals surface area contributed by atoms with Gasteiger partial charge in [0.1, 0.15) is 23.6 Å². The highest BCUT2D eigenvalue weighted by Crippen LogP contribution is 2.37. The van der Waals surface area contributed by atoms with Gasteiger partial charge >= 0.3 is 11.6 Å². The van der Waals surface area contributed by atoms with Crippen molar-refractivity contribution in [1.29, 1.82) is 0 Å². The lowest BCUT2D eigenvalue weighted by molar-refractivity contribution is -0.385. The van der Waals surface area contributed by atoms with Crippen LogP contribution in [0.2, 0.25) is 0 Å². The third-order valence-corrected chi connectivity index (χ3v) is 3.85. The van der Waals surface area contributed by atoms with Gasteiger partial charge in [-0.3, -0.25) is 10.1 Å². The summed E-state index contributed by atoms with van der Waals surface area (Å²) < 4.78 is 16.0. The maximum Gasteiger partial charge on any atom is 0.373 e. The summed E-state index contributed by atoms with van der Waals surface area (Å²) in [5.74, 6) is 1.35. The maximum atomic E-state index is 11.7. The van der Waals surface area contributed by atoms with E-state index in [0.29, 0.717) is 22.9 Å². The fourth-order valence-electron chi connectivity index (χ4n) is 2.50. The molecule has 0 bridgehead atoms. The number of methoxy groups -OCH3 is 2. The van der Waals surface area contributed by atoms with Gasteiger partial charge < -0.3 is 19.5 Å². The minimum absolute atomic E-state index is 0.00703. The molecule has 0 saturated carbocycles. The number of ether oxygens (including phenoxy) is 3. The van der Waals surface area contributed by atoms with Gasteiger partial charge in [-0.2, -0.15) is 4.98 Å². The molecule has 0 radical (unpaired) electrons. The maximum absolute atomic E-state index is 11.7. The van der Waals surface area contributed by atoms with Crippen LogP contribution in [0, 0.1) is 17.0 Å². The molecule has 2 aromatic carbocycles. The average Bonchev–Trinajstić information content (AvgIpc) is 2.69. The molecular formula is C19H18N4O5. The Morgan fingerprint density at radius 1 is 1.00 bits per heavy atom. The topological polar surface area (TPSA) is 109 Å². The number of benzene rings is 2. The zero-order valence-electron chi connectivity index (χ0n) is 15.5. The molecular weight excluding hydrogens is 364 g/mol. The average molecular weight is 382 g/mol. The Morgan fingerprint density at radius 3 is 2.36 bits per heavy atom. The first kappa shape index (κ1) is 18.9. The molecule has 0 spiro atoms. The molecule has 0 unspecified atom stereocenters. The van der Waals surface area contributed by atoms with Crippen molar-refractivity contribution in [3.63, 3.8) is 0 Å². The lowest BCUT2D eigenvalue weighted by atomic mass is 10.2. The zero-order valence-corrected chi connectivity index (χ0v) is 15.5. The number of rotatable bonds is 7. The minimum Gasteiger partial charge on any atom is -0.497 e. The molecule has 3 rings (SSSR count). The van der Waals surface area contributed by atoms with Gasteiger partial charge in [-0.15, -0.1) is 0 Å². The van der Waals surface area contributed by atoms with Gasteiger partial charge in [0.05, 0.1) is 24.8 Å². The van der Waals surface area contributed by atoms with Crippen molar-refractivity contribution in [2.24, 2.45) is 0 Å². The molecule has 0 amide bonds. The number of hydrogen-bond acceptors (Lipinski definition) is 8. The van der Waals surface area contributed by atoms with Gasteiger partial charge in [0.15, 0.2) is 0 Å². The van der Waals surface area contributed by atoms with Crippen LogP contribution in [0.4, 0.5) is 17.2 Å².